The van der Waals surface area contributed by atoms with E-state index in [0.29, 0.717) is 19.4 Å². The van der Waals surface area contributed by atoms with Crippen LogP contribution >= 0.6 is 11.8 Å². The third kappa shape index (κ3) is 3.63. The fourth-order valence-electron chi connectivity index (χ4n) is 3.37. The second kappa shape index (κ2) is 7.44. The Hall–Kier alpha value is -2.08. The van der Waals surface area contributed by atoms with Gasteiger partial charge in [0.1, 0.15) is 6.54 Å². The summed E-state index contributed by atoms with van der Waals surface area (Å²) in [5.41, 5.74) is 1.02. The van der Waals surface area contributed by atoms with Crippen LogP contribution in [0.5, 0.6) is 0 Å². The van der Waals surface area contributed by atoms with Crippen LogP contribution in [0.4, 0.5) is 0 Å². The fraction of sp³-hybridized carbons (Fsp3) is 0.421. The van der Waals surface area contributed by atoms with E-state index < -0.39 is 0 Å². The van der Waals surface area contributed by atoms with Crippen molar-refractivity contribution in [3.05, 3.63) is 42.0 Å². The number of rotatable bonds is 5. The molecule has 3 amide bonds. The molecule has 0 aromatic heterocycles. The van der Waals surface area contributed by atoms with Crippen molar-refractivity contribution in [3.63, 3.8) is 0 Å². The van der Waals surface area contributed by atoms with Crippen LogP contribution in [-0.2, 0) is 20.9 Å². The van der Waals surface area contributed by atoms with E-state index in [9.17, 15) is 14.4 Å². The van der Waals surface area contributed by atoms with E-state index in [4.69, 9.17) is 0 Å². The predicted octanol–water partition coefficient (Wildman–Crippen LogP) is 2.32. The standard InChI is InChI=1S/C19H22N2O3S/c1-20(11-13-7-9-14(25-2)10-8-13)17(22)12-21-18(23)15-5-3-4-6-16(15)19(21)24/h3-4,7-10,15-16H,5-6,11-12H2,1-2H3/t15-,16-/m0/s1. The molecule has 0 N–H and O–H groups in total. The van der Waals surface area contributed by atoms with Crippen LogP contribution in [0.15, 0.2) is 41.3 Å². The Labute approximate surface area is 152 Å². The maximum absolute atomic E-state index is 12.5. The third-order valence-corrected chi connectivity index (χ3v) is 5.64. The Morgan fingerprint density at radius 2 is 1.68 bits per heavy atom. The molecule has 0 radical (unpaired) electrons. The molecule has 1 aromatic carbocycles. The SMILES string of the molecule is CSc1ccc(CN(C)C(=O)CN2C(=O)[C@H]3CC=CC[C@@H]3C2=O)cc1. The van der Waals surface area contributed by atoms with E-state index in [1.54, 1.807) is 23.7 Å². The number of allylic oxidation sites excluding steroid dienone is 2. The van der Waals surface area contributed by atoms with Crippen molar-refractivity contribution in [1.29, 1.82) is 0 Å². The lowest BCUT2D eigenvalue weighted by atomic mass is 9.85. The van der Waals surface area contributed by atoms with Gasteiger partial charge >= 0.3 is 0 Å². The highest BCUT2D eigenvalue weighted by Gasteiger charge is 2.47. The molecule has 1 aromatic rings. The van der Waals surface area contributed by atoms with Crippen LogP contribution in [0, 0.1) is 11.8 Å². The molecule has 3 rings (SSSR count). The maximum atomic E-state index is 12.5. The Kier molecular flexibility index (Phi) is 5.27. The van der Waals surface area contributed by atoms with Crippen molar-refractivity contribution in [2.24, 2.45) is 11.8 Å². The molecular formula is C19H22N2O3S. The number of benzene rings is 1. The molecule has 1 saturated heterocycles. The molecular weight excluding hydrogens is 336 g/mol. The van der Waals surface area contributed by atoms with Gasteiger partial charge in [0.05, 0.1) is 11.8 Å². The highest BCUT2D eigenvalue weighted by molar-refractivity contribution is 7.98. The van der Waals surface area contributed by atoms with Gasteiger partial charge in [-0.3, -0.25) is 19.3 Å². The maximum Gasteiger partial charge on any atom is 0.242 e. The normalized spacial score (nSPS) is 22.2. The van der Waals surface area contributed by atoms with Crippen molar-refractivity contribution in [2.75, 3.05) is 19.8 Å². The molecule has 1 aliphatic heterocycles. The summed E-state index contributed by atoms with van der Waals surface area (Å²) in [4.78, 5) is 41.2. The number of carbonyl (C=O) groups is 3. The molecule has 6 heteroatoms. The molecule has 25 heavy (non-hydrogen) atoms. The van der Waals surface area contributed by atoms with E-state index in [1.807, 2.05) is 42.7 Å². The van der Waals surface area contributed by atoms with Crippen LogP contribution in [0.1, 0.15) is 18.4 Å². The second-order valence-electron chi connectivity index (χ2n) is 6.52. The van der Waals surface area contributed by atoms with Crippen molar-refractivity contribution >= 4 is 29.5 Å². The van der Waals surface area contributed by atoms with Crippen molar-refractivity contribution < 1.29 is 14.4 Å². The first-order chi connectivity index (χ1) is 12.0. The lowest BCUT2D eigenvalue weighted by Crippen LogP contribution is -2.41. The summed E-state index contributed by atoms with van der Waals surface area (Å²) in [6.45, 7) is 0.294. The van der Waals surface area contributed by atoms with Gasteiger partial charge in [-0.15, -0.1) is 11.8 Å². The number of carbonyl (C=O) groups excluding carboxylic acids is 3. The monoisotopic (exact) mass is 358 g/mol. The molecule has 0 spiro atoms. The quantitative estimate of drug-likeness (QED) is 0.460. The summed E-state index contributed by atoms with van der Waals surface area (Å²) < 4.78 is 0. The zero-order chi connectivity index (χ0) is 18.0. The smallest absolute Gasteiger partial charge is 0.242 e. The highest BCUT2D eigenvalue weighted by atomic mass is 32.2. The minimum absolute atomic E-state index is 0.163. The van der Waals surface area contributed by atoms with E-state index >= 15 is 0 Å². The van der Waals surface area contributed by atoms with E-state index in [1.165, 1.54) is 4.90 Å². The van der Waals surface area contributed by atoms with E-state index in [2.05, 4.69) is 0 Å². The van der Waals surface area contributed by atoms with Gasteiger partial charge in [0.2, 0.25) is 17.7 Å². The molecule has 1 heterocycles. The molecule has 5 nitrogen and oxygen atoms in total. The second-order valence-corrected chi connectivity index (χ2v) is 7.40. The molecule has 0 bridgehead atoms. The summed E-state index contributed by atoms with van der Waals surface area (Å²) in [6.07, 6.45) is 7.10. The van der Waals surface area contributed by atoms with Crippen LogP contribution < -0.4 is 0 Å². The van der Waals surface area contributed by atoms with Gasteiger partial charge in [-0.2, -0.15) is 0 Å². The minimum atomic E-state index is -0.283. The Bertz CT molecular complexity index is 688. The first-order valence-electron chi connectivity index (χ1n) is 8.38. The lowest BCUT2D eigenvalue weighted by Gasteiger charge is -2.21. The number of fused-ring (bicyclic) bond motifs is 1. The van der Waals surface area contributed by atoms with Crippen molar-refractivity contribution in [1.82, 2.24) is 9.80 Å². The van der Waals surface area contributed by atoms with Gasteiger partial charge in [-0.25, -0.2) is 0 Å². The summed E-state index contributed by atoms with van der Waals surface area (Å²) in [5.74, 6) is -1.19. The van der Waals surface area contributed by atoms with Crippen molar-refractivity contribution in [2.45, 2.75) is 24.3 Å². The van der Waals surface area contributed by atoms with Gasteiger partial charge in [-0.1, -0.05) is 24.3 Å². The van der Waals surface area contributed by atoms with Gasteiger partial charge in [0.25, 0.3) is 0 Å². The molecule has 132 valence electrons. The number of amides is 3. The zero-order valence-electron chi connectivity index (χ0n) is 14.5. The number of hydrogen-bond donors (Lipinski definition) is 0. The summed E-state index contributed by atoms with van der Waals surface area (Å²) in [6, 6.07) is 8.01. The van der Waals surface area contributed by atoms with E-state index in [-0.39, 0.29) is 36.1 Å². The first-order valence-corrected chi connectivity index (χ1v) is 9.61. The van der Waals surface area contributed by atoms with Gasteiger partial charge in [-0.05, 0) is 36.8 Å². The highest BCUT2D eigenvalue weighted by Crippen LogP contribution is 2.34. The average molecular weight is 358 g/mol. The third-order valence-electron chi connectivity index (χ3n) is 4.90. The molecule has 1 fully saturated rings. The molecule has 2 atom stereocenters. The Balaban J connectivity index is 1.61. The number of likely N-dealkylation sites (N-methyl/N-ethyl adjacent to an activating group) is 1. The molecule has 0 unspecified atom stereocenters. The zero-order valence-corrected chi connectivity index (χ0v) is 15.3. The topological polar surface area (TPSA) is 57.7 Å². The first kappa shape index (κ1) is 17.7. The summed E-state index contributed by atoms with van der Waals surface area (Å²) >= 11 is 1.67. The average Bonchev–Trinajstić information content (AvgIpc) is 2.87. The summed E-state index contributed by atoms with van der Waals surface area (Å²) in [7, 11) is 1.70. The number of likely N-dealkylation sites (tertiary alicyclic amines) is 1. The molecule has 2 aliphatic rings. The van der Waals surface area contributed by atoms with Crippen LogP contribution in [0.25, 0.3) is 0 Å². The van der Waals surface area contributed by atoms with E-state index in [0.717, 1.165) is 10.5 Å². The Morgan fingerprint density at radius 3 is 2.20 bits per heavy atom. The van der Waals surface area contributed by atoms with Crippen molar-refractivity contribution in [3.8, 4) is 0 Å². The summed E-state index contributed by atoms with van der Waals surface area (Å²) in [5, 5.41) is 0. The lowest BCUT2D eigenvalue weighted by molar-refractivity contribution is -0.146. The molecule has 0 saturated carbocycles. The number of nitrogens with zero attached hydrogens (tertiary/aromatic N) is 2. The van der Waals surface area contributed by atoms with Crippen LogP contribution in [0.3, 0.4) is 0 Å². The minimum Gasteiger partial charge on any atom is -0.340 e. The number of hydrogen-bond acceptors (Lipinski definition) is 4. The number of thioether (sulfide) groups is 1. The van der Waals surface area contributed by atoms with Gasteiger partial charge < -0.3 is 4.90 Å². The number of imide groups is 1. The van der Waals surface area contributed by atoms with Gasteiger partial charge in [0, 0.05) is 18.5 Å². The predicted molar refractivity (Wildman–Crippen MR) is 96.8 cm³/mol. The fourth-order valence-corrected chi connectivity index (χ4v) is 3.78. The molecule has 1 aliphatic carbocycles. The Morgan fingerprint density at radius 1 is 1.12 bits per heavy atom. The largest absolute Gasteiger partial charge is 0.340 e. The van der Waals surface area contributed by atoms with Crippen LogP contribution in [0.2, 0.25) is 0 Å². The van der Waals surface area contributed by atoms with Gasteiger partial charge in [0.15, 0.2) is 0 Å². The van der Waals surface area contributed by atoms with Crippen LogP contribution in [-0.4, -0.2) is 47.4 Å².